The van der Waals surface area contributed by atoms with E-state index in [0.29, 0.717) is 16.8 Å². The fourth-order valence-electron chi connectivity index (χ4n) is 2.45. The van der Waals surface area contributed by atoms with E-state index in [9.17, 15) is 0 Å². The van der Waals surface area contributed by atoms with Gasteiger partial charge in [-0.25, -0.2) is 4.98 Å². The fraction of sp³-hybridized carbons (Fsp3) is 0.188. The molecule has 20 heavy (non-hydrogen) atoms. The molecule has 3 rings (SSSR count). The topological polar surface area (TPSA) is 43.8 Å². The molecule has 0 spiro atoms. The van der Waals surface area contributed by atoms with Crippen LogP contribution in [-0.4, -0.2) is 9.55 Å². The Morgan fingerprint density at radius 1 is 1.15 bits per heavy atom. The van der Waals surface area contributed by atoms with Gasteiger partial charge in [0.2, 0.25) is 0 Å². The Labute approximate surface area is 123 Å². The summed E-state index contributed by atoms with van der Waals surface area (Å²) in [4.78, 5) is 4.74. The maximum atomic E-state index is 6.00. The van der Waals surface area contributed by atoms with Crippen LogP contribution in [0.25, 0.3) is 22.4 Å². The summed E-state index contributed by atoms with van der Waals surface area (Å²) in [5.41, 5.74) is 9.59. The van der Waals surface area contributed by atoms with Gasteiger partial charge in [-0.3, -0.25) is 0 Å². The molecule has 0 aliphatic heterocycles. The molecule has 0 saturated carbocycles. The van der Waals surface area contributed by atoms with Crippen molar-refractivity contribution >= 4 is 28.3 Å². The number of hydrogen-bond acceptors (Lipinski definition) is 2. The molecule has 0 unspecified atom stereocenters. The molecule has 3 aromatic rings. The van der Waals surface area contributed by atoms with Crippen molar-refractivity contribution in [3.8, 4) is 11.4 Å². The number of fused-ring (bicyclic) bond motifs is 1. The number of hydrogen-bond donors (Lipinski definition) is 1. The first kappa shape index (κ1) is 13.0. The van der Waals surface area contributed by atoms with Gasteiger partial charge in [0.15, 0.2) is 0 Å². The summed E-state index contributed by atoms with van der Waals surface area (Å²) in [5.74, 6) is 0.921. The highest BCUT2D eigenvalue weighted by molar-refractivity contribution is 6.33. The lowest BCUT2D eigenvalue weighted by atomic mass is 10.2. The lowest BCUT2D eigenvalue weighted by molar-refractivity contribution is 0.624. The van der Waals surface area contributed by atoms with Gasteiger partial charge in [0.1, 0.15) is 5.82 Å². The lowest BCUT2D eigenvalue weighted by Gasteiger charge is -2.13. The van der Waals surface area contributed by atoms with Crippen molar-refractivity contribution in [3.63, 3.8) is 0 Å². The van der Waals surface area contributed by atoms with Gasteiger partial charge in [-0.05, 0) is 44.2 Å². The third kappa shape index (κ3) is 2.04. The zero-order chi connectivity index (χ0) is 14.3. The summed E-state index contributed by atoms with van der Waals surface area (Å²) in [7, 11) is 0. The Morgan fingerprint density at radius 3 is 2.60 bits per heavy atom. The van der Waals surface area contributed by atoms with E-state index in [2.05, 4.69) is 24.5 Å². The summed E-state index contributed by atoms with van der Waals surface area (Å²) in [6.07, 6.45) is 0. The van der Waals surface area contributed by atoms with Gasteiger partial charge in [0.25, 0.3) is 0 Å². The van der Waals surface area contributed by atoms with Crippen LogP contribution < -0.4 is 5.73 Å². The molecule has 0 aliphatic carbocycles. The Bertz CT molecular complexity index is 774. The minimum absolute atomic E-state index is 0.314. The molecule has 4 heteroatoms. The average Bonchev–Trinajstić information content (AvgIpc) is 2.81. The Balaban J connectivity index is 2.29. The first-order valence-corrected chi connectivity index (χ1v) is 6.98. The third-order valence-corrected chi connectivity index (χ3v) is 3.71. The molecule has 0 amide bonds. The fourth-order valence-corrected chi connectivity index (χ4v) is 2.57. The van der Waals surface area contributed by atoms with E-state index in [1.165, 1.54) is 0 Å². The molecule has 1 aromatic heterocycles. The van der Waals surface area contributed by atoms with Gasteiger partial charge in [-0.15, -0.1) is 0 Å². The number of nitrogens with zero attached hydrogens (tertiary/aromatic N) is 2. The number of anilines is 1. The predicted molar refractivity (Wildman–Crippen MR) is 85.0 cm³/mol. The number of halogens is 1. The molecule has 1 heterocycles. The number of para-hydroxylation sites is 2. The SMILES string of the molecule is CC(C)n1c(-c2ccc(Cl)c(N)c2)nc2ccccc21. The van der Waals surface area contributed by atoms with Crippen LogP contribution in [0.5, 0.6) is 0 Å². The molecular formula is C16H16ClN3. The monoisotopic (exact) mass is 285 g/mol. The number of rotatable bonds is 2. The van der Waals surface area contributed by atoms with Crippen molar-refractivity contribution in [2.45, 2.75) is 19.9 Å². The minimum Gasteiger partial charge on any atom is -0.398 e. The van der Waals surface area contributed by atoms with E-state index >= 15 is 0 Å². The van der Waals surface area contributed by atoms with E-state index < -0.39 is 0 Å². The van der Waals surface area contributed by atoms with Crippen molar-refractivity contribution in [2.75, 3.05) is 5.73 Å². The Kier molecular flexibility index (Phi) is 3.14. The highest BCUT2D eigenvalue weighted by atomic mass is 35.5. The normalized spacial score (nSPS) is 11.4. The predicted octanol–water partition coefficient (Wildman–Crippen LogP) is 4.52. The average molecular weight is 286 g/mol. The summed E-state index contributed by atoms with van der Waals surface area (Å²) in [5, 5.41) is 0.570. The second-order valence-corrected chi connectivity index (χ2v) is 5.53. The molecule has 0 fully saturated rings. The van der Waals surface area contributed by atoms with Crippen molar-refractivity contribution in [1.29, 1.82) is 0 Å². The zero-order valence-electron chi connectivity index (χ0n) is 11.5. The first-order chi connectivity index (χ1) is 9.58. The van der Waals surface area contributed by atoms with Gasteiger partial charge in [0.05, 0.1) is 21.7 Å². The molecule has 0 aliphatic rings. The largest absolute Gasteiger partial charge is 0.398 e. The minimum atomic E-state index is 0.314. The van der Waals surface area contributed by atoms with Crippen LogP contribution in [0.15, 0.2) is 42.5 Å². The van der Waals surface area contributed by atoms with Crippen LogP contribution in [0.1, 0.15) is 19.9 Å². The molecule has 2 N–H and O–H groups in total. The van der Waals surface area contributed by atoms with E-state index in [-0.39, 0.29) is 0 Å². The van der Waals surface area contributed by atoms with Crippen molar-refractivity contribution in [3.05, 3.63) is 47.5 Å². The third-order valence-electron chi connectivity index (χ3n) is 3.37. The number of nitrogen functional groups attached to an aromatic ring is 1. The van der Waals surface area contributed by atoms with Crippen LogP contribution in [0.2, 0.25) is 5.02 Å². The van der Waals surface area contributed by atoms with Crippen molar-refractivity contribution in [1.82, 2.24) is 9.55 Å². The Hall–Kier alpha value is -2.00. The molecule has 3 nitrogen and oxygen atoms in total. The van der Waals surface area contributed by atoms with Crippen LogP contribution in [0.3, 0.4) is 0 Å². The first-order valence-electron chi connectivity index (χ1n) is 6.60. The van der Waals surface area contributed by atoms with Crippen molar-refractivity contribution < 1.29 is 0 Å². The van der Waals surface area contributed by atoms with Crippen LogP contribution in [0.4, 0.5) is 5.69 Å². The van der Waals surface area contributed by atoms with E-state index in [4.69, 9.17) is 22.3 Å². The molecule has 0 atom stereocenters. The van der Waals surface area contributed by atoms with Gasteiger partial charge in [-0.1, -0.05) is 23.7 Å². The quantitative estimate of drug-likeness (QED) is 0.704. The molecule has 0 bridgehead atoms. The summed E-state index contributed by atoms with van der Waals surface area (Å²) in [6, 6.07) is 14.1. The summed E-state index contributed by atoms with van der Waals surface area (Å²) in [6.45, 7) is 4.30. The molecule has 0 radical (unpaired) electrons. The van der Waals surface area contributed by atoms with Crippen molar-refractivity contribution in [2.24, 2.45) is 0 Å². The zero-order valence-corrected chi connectivity index (χ0v) is 12.2. The number of imidazole rings is 1. The lowest BCUT2D eigenvalue weighted by Crippen LogP contribution is -2.03. The number of benzene rings is 2. The molecule has 2 aromatic carbocycles. The van der Waals surface area contributed by atoms with Gasteiger partial charge < -0.3 is 10.3 Å². The van der Waals surface area contributed by atoms with Gasteiger partial charge >= 0.3 is 0 Å². The smallest absolute Gasteiger partial charge is 0.141 e. The number of nitrogens with two attached hydrogens (primary N) is 1. The molecule has 102 valence electrons. The van der Waals surface area contributed by atoms with Crippen LogP contribution >= 0.6 is 11.6 Å². The molecular weight excluding hydrogens is 270 g/mol. The highest BCUT2D eigenvalue weighted by Crippen LogP contribution is 2.31. The van der Waals surface area contributed by atoms with Gasteiger partial charge in [-0.2, -0.15) is 0 Å². The molecule has 0 saturated heterocycles. The standard InChI is InChI=1S/C16H16ClN3/c1-10(2)20-15-6-4-3-5-14(15)19-16(20)11-7-8-12(17)13(18)9-11/h3-10H,18H2,1-2H3. The van der Waals surface area contributed by atoms with E-state index in [1.807, 2.05) is 36.4 Å². The summed E-state index contributed by atoms with van der Waals surface area (Å²) >= 11 is 6.00. The van der Waals surface area contributed by atoms with Crippen LogP contribution in [0, 0.1) is 0 Å². The maximum absolute atomic E-state index is 6.00. The highest BCUT2D eigenvalue weighted by Gasteiger charge is 2.15. The van der Waals surface area contributed by atoms with Gasteiger partial charge in [0, 0.05) is 11.6 Å². The second-order valence-electron chi connectivity index (χ2n) is 5.12. The Morgan fingerprint density at radius 2 is 1.90 bits per heavy atom. The summed E-state index contributed by atoms with van der Waals surface area (Å²) < 4.78 is 2.22. The second kappa shape index (κ2) is 4.84. The van der Waals surface area contributed by atoms with E-state index in [1.54, 1.807) is 0 Å². The number of aromatic nitrogens is 2. The van der Waals surface area contributed by atoms with E-state index in [0.717, 1.165) is 22.4 Å². The maximum Gasteiger partial charge on any atom is 0.141 e. The van der Waals surface area contributed by atoms with Crippen LogP contribution in [-0.2, 0) is 0 Å².